The number of aliphatic hydroxyl groups excluding tert-OH is 1. The Balaban J connectivity index is 2.70. The third-order valence-corrected chi connectivity index (χ3v) is 2.73. The van der Waals surface area contributed by atoms with Gasteiger partial charge in [0.15, 0.2) is 0 Å². The van der Waals surface area contributed by atoms with Crippen molar-refractivity contribution in [3.63, 3.8) is 0 Å². The molecule has 2 heteroatoms. The molecular formula is C12H14OS. The molecule has 0 radical (unpaired) electrons. The summed E-state index contributed by atoms with van der Waals surface area (Å²) in [6.45, 7) is 3.46. The molecule has 0 heterocycles. The van der Waals surface area contributed by atoms with Crippen LogP contribution in [0.1, 0.15) is 18.1 Å². The minimum absolute atomic E-state index is 0.444. The van der Waals surface area contributed by atoms with Crippen LogP contribution >= 0.6 is 11.8 Å². The fourth-order valence-corrected chi connectivity index (χ4v) is 1.57. The lowest BCUT2D eigenvalue weighted by Gasteiger charge is -2.08. The van der Waals surface area contributed by atoms with Gasteiger partial charge in [0.05, 0.1) is 6.10 Å². The lowest BCUT2D eigenvalue weighted by atomic mass is 10.1. The van der Waals surface area contributed by atoms with E-state index in [0.29, 0.717) is 6.42 Å². The number of benzene rings is 1. The van der Waals surface area contributed by atoms with Crippen molar-refractivity contribution in [2.45, 2.75) is 17.4 Å². The second-order valence-electron chi connectivity index (χ2n) is 2.93. The molecule has 0 spiro atoms. The number of hydrogen-bond donors (Lipinski definition) is 1. The summed E-state index contributed by atoms with van der Waals surface area (Å²) in [5.74, 6) is 0. The van der Waals surface area contributed by atoms with Gasteiger partial charge in [-0.1, -0.05) is 18.7 Å². The van der Waals surface area contributed by atoms with Crippen molar-refractivity contribution in [2.24, 2.45) is 0 Å². The van der Waals surface area contributed by atoms with Crippen molar-refractivity contribution in [1.29, 1.82) is 0 Å². The van der Waals surface area contributed by atoms with Crippen molar-refractivity contribution in [3.05, 3.63) is 48.2 Å². The normalized spacial score (nSPS) is 11.9. The van der Waals surface area contributed by atoms with Gasteiger partial charge >= 0.3 is 0 Å². The highest BCUT2D eigenvalue weighted by Crippen LogP contribution is 2.20. The van der Waals surface area contributed by atoms with Crippen LogP contribution in [-0.4, -0.2) is 11.4 Å². The van der Waals surface area contributed by atoms with Gasteiger partial charge in [-0.25, -0.2) is 0 Å². The second-order valence-corrected chi connectivity index (χ2v) is 3.81. The lowest BCUT2D eigenvalue weighted by Crippen LogP contribution is -1.94. The van der Waals surface area contributed by atoms with Gasteiger partial charge in [0.2, 0.25) is 0 Å². The zero-order chi connectivity index (χ0) is 10.4. The highest BCUT2D eigenvalue weighted by Gasteiger charge is 2.04. The molecule has 0 fully saturated rings. The van der Waals surface area contributed by atoms with Crippen molar-refractivity contribution in [3.8, 4) is 0 Å². The molecule has 0 aromatic heterocycles. The number of hydrogen-bond acceptors (Lipinski definition) is 2. The first-order valence-corrected chi connectivity index (χ1v) is 5.66. The van der Waals surface area contributed by atoms with Crippen LogP contribution in [0, 0.1) is 0 Å². The summed E-state index contributed by atoms with van der Waals surface area (Å²) in [5.41, 5.74) is 3.59. The van der Waals surface area contributed by atoms with Gasteiger partial charge in [-0.2, -0.15) is 0 Å². The van der Waals surface area contributed by atoms with Gasteiger partial charge in [-0.3, -0.25) is 0 Å². The van der Waals surface area contributed by atoms with Crippen LogP contribution in [-0.2, 0) is 0 Å². The van der Waals surface area contributed by atoms with Gasteiger partial charge < -0.3 is 5.11 Å². The molecule has 1 aromatic rings. The van der Waals surface area contributed by atoms with Gasteiger partial charge in [0.25, 0.3) is 0 Å². The smallest absolute Gasteiger partial charge is 0.0830 e. The van der Waals surface area contributed by atoms with Gasteiger partial charge in [-0.05, 0) is 30.0 Å². The maximum atomic E-state index is 9.71. The summed E-state index contributed by atoms with van der Waals surface area (Å²) in [5, 5.41) is 9.71. The predicted molar refractivity (Wildman–Crippen MR) is 61.5 cm³/mol. The largest absolute Gasteiger partial charge is 0.388 e. The molecule has 1 nitrogen and oxygen atoms in total. The van der Waals surface area contributed by atoms with Gasteiger partial charge in [-0.15, -0.1) is 17.5 Å². The van der Waals surface area contributed by atoms with Crippen LogP contribution in [0.25, 0.3) is 0 Å². The fourth-order valence-electron chi connectivity index (χ4n) is 1.16. The molecule has 0 amide bonds. The summed E-state index contributed by atoms with van der Waals surface area (Å²) >= 11 is 1.70. The predicted octanol–water partition coefficient (Wildman–Crippen LogP) is 3.17. The zero-order valence-corrected chi connectivity index (χ0v) is 9.05. The summed E-state index contributed by atoms with van der Waals surface area (Å²) in [6.07, 6.45) is 3.90. The minimum Gasteiger partial charge on any atom is -0.388 e. The highest BCUT2D eigenvalue weighted by molar-refractivity contribution is 7.98. The fraction of sp³-hybridized carbons (Fsp3) is 0.250. The quantitative estimate of drug-likeness (QED) is 0.603. The standard InChI is InChI=1S/C12H14OS/c1-3-4-5-12(13)10-6-8-11(14-2)9-7-10/h4,6-9,12-13H,1,5H2,2H3/t12-/m1/s1. The summed E-state index contributed by atoms with van der Waals surface area (Å²) < 4.78 is 0. The Hall–Kier alpha value is -0.950. The Labute approximate surface area is 89.2 Å². The van der Waals surface area contributed by atoms with Gasteiger partial charge in [0, 0.05) is 11.3 Å². The van der Waals surface area contributed by atoms with E-state index < -0.39 is 6.10 Å². The SMILES string of the molecule is C=C=CC[C@@H](O)c1ccc(SC)cc1. The summed E-state index contributed by atoms with van der Waals surface area (Å²) in [4.78, 5) is 1.21. The molecule has 0 saturated carbocycles. The van der Waals surface area contributed by atoms with Crippen LogP contribution in [0.15, 0.2) is 47.5 Å². The van der Waals surface area contributed by atoms with Crippen LogP contribution in [0.2, 0.25) is 0 Å². The highest BCUT2D eigenvalue weighted by atomic mass is 32.2. The Morgan fingerprint density at radius 2 is 2.14 bits per heavy atom. The number of aliphatic hydroxyl groups is 1. The van der Waals surface area contributed by atoms with E-state index in [1.807, 2.05) is 30.5 Å². The Morgan fingerprint density at radius 1 is 1.50 bits per heavy atom. The molecule has 1 aromatic carbocycles. The number of thioether (sulfide) groups is 1. The second kappa shape index (κ2) is 5.71. The van der Waals surface area contributed by atoms with Crippen molar-refractivity contribution < 1.29 is 5.11 Å². The van der Waals surface area contributed by atoms with Crippen LogP contribution < -0.4 is 0 Å². The minimum atomic E-state index is -0.444. The Kier molecular flexibility index (Phi) is 4.54. The maximum absolute atomic E-state index is 9.71. The first-order valence-electron chi connectivity index (χ1n) is 4.44. The van der Waals surface area contributed by atoms with E-state index in [-0.39, 0.29) is 0 Å². The van der Waals surface area contributed by atoms with E-state index in [1.54, 1.807) is 17.8 Å². The van der Waals surface area contributed by atoms with E-state index in [4.69, 9.17) is 0 Å². The molecule has 0 aliphatic rings. The average molecular weight is 206 g/mol. The van der Waals surface area contributed by atoms with Crippen LogP contribution in [0.3, 0.4) is 0 Å². The molecule has 0 bridgehead atoms. The topological polar surface area (TPSA) is 20.2 Å². The molecule has 0 saturated heterocycles. The molecule has 0 aliphatic carbocycles. The molecule has 0 aliphatic heterocycles. The van der Waals surface area contributed by atoms with Gasteiger partial charge in [0.1, 0.15) is 0 Å². The van der Waals surface area contributed by atoms with E-state index in [9.17, 15) is 5.11 Å². The first kappa shape index (κ1) is 11.1. The van der Waals surface area contributed by atoms with Crippen molar-refractivity contribution in [1.82, 2.24) is 0 Å². The number of rotatable bonds is 4. The third-order valence-electron chi connectivity index (χ3n) is 1.99. The molecule has 1 N–H and O–H groups in total. The monoisotopic (exact) mass is 206 g/mol. The van der Waals surface area contributed by atoms with E-state index in [1.165, 1.54) is 4.90 Å². The Bertz CT molecular complexity index is 323. The van der Waals surface area contributed by atoms with Crippen molar-refractivity contribution >= 4 is 11.8 Å². The molecule has 74 valence electrons. The maximum Gasteiger partial charge on any atom is 0.0830 e. The molecule has 1 rings (SSSR count). The van der Waals surface area contributed by atoms with E-state index >= 15 is 0 Å². The summed E-state index contributed by atoms with van der Waals surface area (Å²) in [6, 6.07) is 7.93. The van der Waals surface area contributed by atoms with E-state index in [0.717, 1.165) is 5.56 Å². The zero-order valence-electron chi connectivity index (χ0n) is 8.23. The third kappa shape index (κ3) is 3.08. The van der Waals surface area contributed by atoms with E-state index in [2.05, 4.69) is 12.3 Å². The molecule has 1 atom stereocenters. The van der Waals surface area contributed by atoms with Crippen LogP contribution in [0.5, 0.6) is 0 Å². The first-order chi connectivity index (χ1) is 6.77. The van der Waals surface area contributed by atoms with Crippen molar-refractivity contribution in [2.75, 3.05) is 6.26 Å². The average Bonchev–Trinajstić information content (AvgIpc) is 2.26. The molecule has 0 unspecified atom stereocenters. The summed E-state index contributed by atoms with van der Waals surface area (Å²) in [7, 11) is 0. The Morgan fingerprint density at radius 3 is 2.64 bits per heavy atom. The molecular weight excluding hydrogens is 192 g/mol. The van der Waals surface area contributed by atoms with Crippen LogP contribution in [0.4, 0.5) is 0 Å². The molecule has 14 heavy (non-hydrogen) atoms. The lowest BCUT2D eigenvalue weighted by molar-refractivity contribution is 0.181.